The van der Waals surface area contributed by atoms with Crippen molar-refractivity contribution >= 4 is 35.3 Å². The quantitative estimate of drug-likeness (QED) is 0.299. The summed E-state index contributed by atoms with van der Waals surface area (Å²) in [5.74, 6) is -0.671. The third kappa shape index (κ3) is 4.61. The van der Waals surface area contributed by atoms with E-state index in [1.54, 1.807) is 24.3 Å². The third-order valence-electron chi connectivity index (χ3n) is 4.37. The second-order valence-electron chi connectivity index (χ2n) is 6.31. The van der Waals surface area contributed by atoms with Gasteiger partial charge in [0.2, 0.25) is 5.91 Å². The zero-order valence-corrected chi connectivity index (χ0v) is 16.6. The van der Waals surface area contributed by atoms with Gasteiger partial charge in [-0.3, -0.25) is 19.7 Å². The van der Waals surface area contributed by atoms with Crippen LogP contribution in [0.5, 0.6) is 11.5 Å². The van der Waals surface area contributed by atoms with Crippen LogP contribution in [0.4, 0.5) is 16.2 Å². The van der Waals surface area contributed by atoms with Crippen molar-refractivity contribution < 1.29 is 28.8 Å². The van der Waals surface area contributed by atoms with Crippen LogP contribution in [0.15, 0.2) is 48.2 Å². The number of imide groups is 1. The van der Waals surface area contributed by atoms with E-state index >= 15 is 0 Å². The molecule has 0 atom stereocenters. The van der Waals surface area contributed by atoms with Crippen molar-refractivity contribution in [1.82, 2.24) is 10.2 Å². The molecule has 4 amide bonds. The molecule has 1 heterocycles. The number of nitrogens with one attached hydrogen (secondary N) is 2. The molecule has 0 spiro atoms. The summed E-state index contributed by atoms with van der Waals surface area (Å²) < 4.78 is 10.3. The molecule has 2 aromatic rings. The van der Waals surface area contributed by atoms with Crippen molar-refractivity contribution in [3.8, 4) is 11.5 Å². The monoisotopic (exact) mass is 426 g/mol. The molecule has 31 heavy (non-hydrogen) atoms. The van der Waals surface area contributed by atoms with Crippen molar-refractivity contribution in [1.29, 1.82) is 0 Å². The van der Waals surface area contributed by atoms with Crippen LogP contribution in [0.25, 0.3) is 6.08 Å². The van der Waals surface area contributed by atoms with Crippen LogP contribution in [0.2, 0.25) is 0 Å². The van der Waals surface area contributed by atoms with Gasteiger partial charge in [0.25, 0.3) is 11.6 Å². The fourth-order valence-corrected chi connectivity index (χ4v) is 2.90. The van der Waals surface area contributed by atoms with Crippen LogP contribution < -0.4 is 20.1 Å². The molecule has 2 aromatic carbocycles. The van der Waals surface area contributed by atoms with E-state index in [1.807, 2.05) is 0 Å². The molecule has 1 aliphatic rings. The maximum atomic E-state index is 12.6. The lowest BCUT2D eigenvalue weighted by Crippen LogP contribution is -2.38. The summed E-state index contributed by atoms with van der Waals surface area (Å²) in [6, 6.07) is 9.73. The van der Waals surface area contributed by atoms with E-state index in [2.05, 4.69) is 10.6 Å². The number of amides is 4. The Morgan fingerprint density at radius 2 is 1.87 bits per heavy atom. The van der Waals surface area contributed by atoms with E-state index in [9.17, 15) is 24.5 Å². The summed E-state index contributed by atoms with van der Waals surface area (Å²) >= 11 is 0. The van der Waals surface area contributed by atoms with Gasteiger partial charge in [-0.15, -0.1) is 0 Å². The van der Waals surface area contributed by atoms with E-state index in [0.717, 1.165) is 4.90 Å². The summed E-state index contributed by atoms with van der Waals surface area (Å²) in [4.78, 5) is 48.4. The van der Waals surface area contributed by atoms with E-state index in [0.29, 0.717) is 11.4 Å². The highest BCUT2D eigenvalue weighted by atomic mass is 16.6. The number of methoxy groups -OCH3 is 2. The molecule has 0 aliphatic carbocycles. The number of urea groups is 1. The summed E-state index contributed by atoms with van der Waals surface area (Å²) in [6.07, 6.45) is 1.25. The van der Waals surface area contributed by atoms with Gasteiger partial charge >= 0.3 is 6.03 Å². The maximum absolute atomic E-state index is 12.6. The zero-order valence-electron chi connectivity index (χ0n) is 16.6. The number of para-hydroxylation sites is 2. The summed E-state index contributed by atoms with van der Waals surface area (Å²) in [6.45, 7) is -0.536. The Hall–Kier alpha value is -4.41. The second kappa shape index (κ2) is 8.95. The topological polar surface area (TPSA) is 140 Å². The highest BCUT2D eigenvalue weighted by Crippen LogP contribution is 2.27. The molecule has 160 valence electrons. The average molecular weight is 426 g/mol. The number of hydrogen-bond acceptors (Lipinski definition) is 7. The number of nitro groups is 1. The van der Waals surface area contributed by atoms with Gasteiger partial charge in [-0.1, -0.05) is 12.1 Å². The Morgan fingerprint density at radius 1 is 1.16 bits per heavy atom. The van der Waals surface area contributed by atoms with Crippen LogP contribution in [0.1, 0.15) is 5.56 Å². The molecule has 1 saturated heterocycles. The van der Waals surface area contributed by atoms with E-state index < -0.39 is 29.3 Å². The van der Waals surface area contributed by atoms with Gasteiger partial charge in [0.05, 0.1) is 24.8 Å². The van der Waals surface area contributed by atoms with E-state index in [4.69, 9.17) is 9.47 Å². The van der Waals surface area contributed by atoms with Gasteiger partial charge in [0, 0.05) is 17.7 Å². The smallest absolute Gasteiger partial charge is 0.329 e. The van der Waals surface area contributed by atoms with Crippen LogP contribution in [-0.4, -0.2) is 48.4 Å². The van der Waals surface area contributed by atoms with Crippen molar-refractivity contribution in [2.24, 2.45) is 0 Å². The van der Waals surface area contributed by atoms with Gasteiger partial charge in [0.1, 0.15) is 23.7 Å². The molecule has 1 aliphatic heterocycles. The minimum absolute atomic E-state index is 0.145. The number of hydrogen-bond donors (Lipinski definition) is 2. The fraction of sp³-hybridized carbons (Fsp3) is 0.150. The highest BCUT2D eigenvalue weighted by molar-refractivity contribution is 6.16. The molecular weight excluding hydrogens is 408 g/mol. The first-order valence-corrected chi connectivity index (χ1v) is 8.94. The number of ether oxygens (including phenoxy) is 2. The second-order valence-corrected chi connectivity index (χ2v) is 6.31. The molecule has 0 radical (unpaired) electrons. The number of benzene rings is 2. The van der Waals surface area contributed by atoms with Crippen molar-refractivity contribution in [2.75, 3.05) is 26.1 Å². The zero-order chi connectivity index (χ0) is 22.5. The van der Waals surface area contributed by atoms with Crippen molar-refractivity contribution in [3.05, 3.63) is 63.8 Å². The van der Waals surface area contributed by atoms with E-state index in [-0.39, 0.29) is 22.7 Å². The Bertz CT molecular complexity index is 1100. The number of carbonyl (C=O) groups is 3. The largest absolute Gasteiger partial charge is 0.496 e. The predicted octanol–water partition coefficient (Wildman–Crippen LogP) is 2.14. The Morgan fingerprint density at radius 3 is 2.55 bits per heavy atom. The standard InChI is InChI=1S/C20H18N4O7/c1-30-16-8-7-13(24(28)29)9-12(16)10-15-19(26)23(20(27)22-15)11-18(25)21-14-5-3-4-6-17(14)31-2/h3-10H,11H2,1-2H3,(H,21,25)(H,22,27)/b15-10+. The first kappa shape index (κ1) is 21.3. The van der Waals surface area contributed by atoms with Crippen LogP contribution in [0, 0.1) is 10.1 Å². The molecule has 3 rings (SSSR count). The van der Waals surface area contributed by atoms with Crippen LogP contribution >= 0.6 is 0 Å². The summed E-state index contributed by atoms with van der Waals surface area (Å²) in [5.41, 5.74) is 0.256. The maximum Gasteiger partial charge on any atom is 0.329 e. The number of nitro benzene ring substituents is 1. The lowest BCUT2D eigenvalue weighted by Gasteiger charge is -2.13. The summed E-state index contributed by atoms with van der Waals surface area (Å²) in [5, 5.41) is 16.0. The van der Waals surface area contributed by atoms with Gasteiger partial charge in [-0.25, -0.2) is 9.69 Å². The van der Waals surface area contributed by atoms with Gasteiger partial charge < -0.3 is 20.1 Å². The first-order valence-electron chi connectivity index (χ1n) is 8.94. The molecule has 0 saturated carbocycles. The molecule has 0 bridgehead atoms. The molecule has 11 heteroatoms. The number of rotatable bonds is 7. The fourth-order valence-electron chi connectivity index (χ4n) is 2.90. The predicted molar refractivity (Wildman–Crippen MR) is 109 cm³/mol. The highest BCUT2D eigenvalue weighted by Gasteiger charge is 2.35. The molecule has 11 nitrogen and oxygen atoms in total. The molecule has 2 N–H and O–H groups in total. The lowest BCUT2D eigenvalue weighted by molar-refractivity contribution is -0.384. The number of carbonyl (C=O) groups excluding carboxylic acids is 3. The minimum atomic E-state index is -0.796. The Labute approximate surface area is 176 Å². The number of nitrogens with zero attached hydrogens (tertiary/aromatic N) is 2. The number of non-ortho nitro benzene ring substituents is 1. The first-order chi connectivity index (χ1) is 14.8. The number of anilines is 1. The molecular formula is C20H18N4O7. The third-order valence-corrected chi connectivity index (χ3v) is 4.37. The van der Waals surface area contributed by atoms with E-state index in [1.165, 1.54) is 38.5 Å². The van der Waals surface area contributed by atoms with Crippen molar-refractivity contribution in [2.45, 2.75) is 0 Å². The lowest BCUT2D eigenvalue weighted by atomic mass is 10.1. The normalized spacial score (nSPS) is 14.4. The van der Waals surface area contributed by atoms with Gasteiger partial charge in [-0.2, -0.15) is 0 Å². The Kier molecular flexibility index (Phi) is 6.15. The SMILES string of the molecule is COc1ccc([N+](=O)[O-])cc1/C=C1/NC(=O)N(CC(=O)Nc2ccccc2OC)C1=O. The van der Waals surface area contributed by atoms with Crippen molar-refractivity contribution in [3.63, 3.8) is 0 Å². The van der Waals surface area contributed by atoms with Crippen LogP contribution in [0.3, 0.4) is 0 Å². The molecule has 1 fully saturated rings. The summed E-state index contributed by atoms with van der Waals surface area (Å²) in [7, 11) is 2.81. The molecule has 0 unspecified atom stereocenters. The Balaban J connectivity index is 1.79. The minimum Gasteiger partial charge on any atom is -0.496 e. The van der Waals surface area contributed by atoms with Gasteiger partial charge in [-0.05, 0) is 24.3 Å². The average Bonchev–Trinajstić information content (AvgIpc) is 3.01. The van der Waals surface area contributed by atoms with Crippen LogP contribution in [-0.2, 0) is 9.59 Å². The molecule has 0 aromatic heterocycles. The van der Waals surface area contributed by atoms with Gasteiger partial charge in [0.15, 0.2) is 0 Å².